The summed E-state index contributed by atoms with van der Waals surface area (Å²) >= 11 is 0. The van der Waals surface area contributed by atoms with Gasteiger partial charge in [0.1, 0.15) is 0 Å². The molecule has 11 heavy (non-hydrogen) atoms. The highest BCUT2D eigenvalue weighted by molar-refractivity contribution is 5.96. The summed E-state index contributed by atoms with van der Waals surface area (Å²) in [6.45, 7) is 3.44. The van der Waals surface area contributed by atoms with Crippen molar-refractivity contribution >= 4 is 11.5 Å². The van der Waals surface area contributed by atoms with Crippen LogP contribution in [0.15, 0.2) is 18.2 Å². The minimum atomic E-state index is 0.0646. The van der Waals surface area contributed by atoms with Gasteiger partial charge in [-0.05, 0) is 31.5 Å². The summed E-state index contributed by atoms with van der Waals surface area (Å²) in [4.78, 5) is 11.0. The number of nitrogens with two attached hydrogens (primary N) is 1. The first-order chi connectivity index (χ1) is 5.11. The van der Waals surface area contributed by atoms with Crippen molar-refractivity contribution in [2.45, 2.75) is 13.8 Å². The Kier molecular flexibility index (Phi) is 1.94. The first-order valence-corrected chi connectivity index (χ1v) is 3.48. The largest absolute Gasteiger partial charge is 0.399 e. The average molecular weight is 149 g/mol. The number of hydrogen-bond acceptors (Lipinski definition) is 2. The van der Waals surface area contributed by atoms with E-state index in [0.717, 1.165) is 5.56 Å². The molecule has 2 nitrogen and oxygen atoms in total. The van der Waals surface area contributed by atoms with Gasteiger partial charge in [0.25, 0.3) is 0 Å². The second-order valence-corrected chi connectivity index (χ2v) is 2.63. The molecule has 0 unspecified atom stereocenters. The van der Waals surface area contributed by atoms with Crippen molar-refractivity contribution in [3.05, 3.63) is 29.3 Å². The predicted molar refractivity (Wildman–Crippen MR) is 45.6 cm³/mol. The summed E-state index contributed by atoms with van der Waals surface area (Å²) in [5.74, 6) is 0.0646. The molecule has 0 saturated heterocycles. The Balaban J connectivity index is 3.23. The second-order valence-electron chi connectivity index (χ2n) is 2.63. The lowest BCUT2D eigenvalue weighted by Gasteiger charge is -2.01. The zero-order valence-electron chi connectivity index (χ0n) is 6.72. The number of anilines is 1. The maximum absolute atomic E-state index is 11.0. The van der Waals surface area contributed by atoms with E-state index in [0.29, 0.717) is 11.3 Å². The van der Waals surface area contributed by atoms with Crippen LogP contribution < -0.4 is 5.73 Å². The molecule has 0 heterocycles. The number of carbonyl (C=O) groups is 1. The van der Waals surface area contributed by atoms with Crippen molar-refractivity contribution in [2.24, 2.45) is 0 Å². The Morgan fingerprint density at radius 1 is 1.45 bits per heavy atom. The molecule has 0 aliphatic heterocycles. The van der Waals surface area contributed by atoms with E-state index in [2.05, 4.69) is 0 Å². The molecule has 0 fully saturated rings. The van der Waals surface area contributed by atoms with Gasteiger partial charge in [-0.1, -0.05) is 6.07 Å². The lowest BCUT2D eigenvalue weighted by atomic mass is 10.1. The highest BCUT2D eigenvalue weighted by atomic mass is 16.1. The minimum Gasteiger partial charge on any atom is -0.399 e. The lowest BCUT2D eigenvalue weighted by Crippen LogP contribution is -1.97. The van der Waals surface area contributed by atoms with Crippen LogP contribution in [0.3, 0.4) is 0 Å². The fraction of sp³-hybridized carbons (Fsp3) is 0.222. The number of ketones is 1. The maximum Gasteiger partial charge on any atom is 0.160 e. The van der Waals surface area contributed by atoms with Crippen molar-refractivity contribution in [3.63, 3.8) is 0 Å². The summed E-state index contributed by atoms with van der Waals surface area (Å²) in [7, 11) is 0. The molecule has 0 aliphatic carbocycles. The zero-order chi connectivity index (χ0) is 8.43. The number of hydrogen-bond donors (Lipinski definition) is 1. The average Bonchev–Trinajstić information content (AvgIpc) is 1.94. The van der Waals surface area contributed by atoms with Crippen LogP contribution in [0.5, 0.6) is 0 Å². The molecule has 0 bridgehead atoms. The van der Waals surface area contributed by atoms with Crippen LogP contribution in [-0.2, 0) is 0 Å². The summed E-state index contributed by atoms with van der Waals surface area (Å²) < 4.78 is 0. The molecule has 0 amide bonds. The third-order valence-corrected chi connectivity index (χ3v) is 1.64. The number of aryl methyl sites for hydroxylation is 1. The highest BCUT2D eigenvalue weighted by Gasteiger charge is 2.02. The third-order valence-electron chi connectivity index (χ3n) is 1.64. The Labute approximate surface area is 66.0 Å². The monoisotopic (exact) mass is 149 g/mol. The van der Waals surface area contributed by atoms with Crippen LogP contribution in [0, 0.1) is 6.92 Å². The van der Waals surface area contributed by atoms with Crippen LogP contribution in [0.25, 0.3) is 0 Å². The topological polar surface area (TPSA) is 43.1 Å². The lowest BCUT2D eigenvalue weighted by molar-refractivity contribution is 0.101. The van der Waals surface area contributed by atoms with Crippen LogP contribution in [-0.4, -0.2) is 5.78 Å². The summed E-state index contributed by atoms with van der Waals surface area (Å²) in [6, 6.07) is 5.35. The summed E-state index contributed by atoms with van der Waals surface area (Å²) in [5, 5.41) is 0. The molecule has 1 rings (SSSR count). The van der Waals surface area contributed by atoms with Crippen molar-refractivity contribution in [2.75, 3.05) is 5.73 Å². The molecular weight excluding hydrogens is 138 g/mol. The molecule has 0 aromatic heterocycles. The number of benzene rings is 1. The maximum atomic E-state index is 11.0. The zero-order valence-corrected chi connectivity index (χ0v) is 6.72. The van der Waals surface area contributed by atoms with Gasteiger partial charge < -0.3 is 5.73 Å². The molecule has 2 N–H and O–H groups in total. The van der Waals surface area contributed by atoms with Gasteiger partial charge in [0.05, 0.1) is 0 Å². The first kappa shape index (κ1) is 7.79. The Morgan fingerprint density at radius 3 is 2.55 bits per heavy atom. The van der Waals surface area contributed by atoms with Crippen molar-refractivity contribution in [1.29, 1.82) is 0 Å². The normalized spacial score (nSPS) is 9.64. The molecule has 0 spiro atoms. The van der Waals surface area contributed by atoms with E-state index >= 15 is 0 Å². The molecule has 0 atom stereocenters. The van der Waals surface area contributed by atoms with Gasteiger partial charge in [-0.15, -0.1) is 0 Å². The van der Waals surface area contributed by atoms with Gasteiger partial charge in [0, 0.05) is 11.3 Å². The third kappa shape index (κ3) is 1.58. The summed E-state index contributed by atoms with van der Waals surface area (Å²) in [5.41, 5.74) is 7.84. The SMILES string of the molecule is CC(=O)c1cc(N)ccc1C. The highest BCUT2D eigenvalue weighted by Crippen LogP contribution is 2.12. The van der Waals surface area contributed by atoms with E-state index in [1.54, 1.807) is 19.1 Å². The Hall–Kier alpha value is -1.31. The Morgan fingerprint density at radius 2 is 2.09 bits per heavy atom. The smallest absolute Gasteiger partial charge is 0.160 e. The molecule has 2 heteroatoms. The van der Waals surface area contributed by atoms with Gasteiger partial charge >= 0.3 is 0 Å². The van der Waals surface area contributed by atoms with Gasteiger partial charge in [0.15, 0.2) is 5.78 Å². The number of nitrogen functional groups attached to an aromatic ring is 1. The molecule has 58 valence electrons. The van der Waals surface area contributed by atoms with E-state index in [4.69, 9.17) is 5.73 Å². The number of carbonyl (C=O) groups excluding carboxylic acids is 1. The van der Waals surface area contributed by atoms with Crippen LogP contribution in [0.2, 0.25) is 0 Å². The van der Waals surface area contributed by atoms with Crippen LogP contribution >= 0.6 is 0 Å². The predicted octanol–water partition coefficient (Wildman–Crippen LogP) is 1.78. The molecule has 0 saturated carbocycles. The fourth-order valence-corrected chi connectivity index (χ4v) is 1.02. The first-order valence-electron chi connectivity index (χ1n) is 3.48. The second kappa shape index (κ2) is 2.74. The van der Waals surface area contributed by atoms with Crippen LogP contribution in [0.4, 0.5) is 5.69 Å². The minimum absolute atomic E-state index is 0.0646. The van der Waals surface area contributed by atoms with E-state index < -0.39 is 0 Å². The molecular formula is C9H11NO. The van der Waals surface area contributed by atoms with Crippen molar-refractivity contribution in [3.8, 4) is 0 Å². The van der Waals surface area contributed by atoms with Crippen LogP contribution in [0.1, 0.15) is 22.8 Å². The van der Waals surface area contributed by atoms with E-state index in [-0.39, 0.29) is 5.78 Å². The number of rotatable bonds is 1. The Bertz CT molecular complexity index is 292. The standard InChI is InChI=1S/C9H11NO/c1-6-3-4-8(10)5-9(6)7(2)11/h3-5H,10H2,1-2H3. The van der Waals surface area contributed by atoms with E-state index in [1.165, 1.54) is 0 Å². The van der Waals surface area contributed by atoms with Gasteiger partial charge in [-0.3, -0.25) is 4.79 Å². The molecule has 1 aromatic carbocycles. The van der Waals surface area contributed by atoms with E-state index in [9.17, 15) is 4.79 Å². The fourth-order valence-electron chi connectivity index (χ4n) is 1.02. The molecule has 0 radical (unpaired) electrons. The van der Waals surface area contributed by atoms with Gasteiger partial charge in [-0.25, -0.2) is 0 Å². The van der Waals surface area contributed by atoms with Crippen molar-refractivity contribution in [1.82, 2.24) is 0 Å². The van der Waals surface area contributed by atoms with Gasteiger partial charge in [-0.2, -0.15) is 0 Å². The van der Waals surface area contributed by atoms with Gasteiger partial charge in [0.2, 0.25) is 0 Å². The number of Topliss-reactive ketones (excluding diaryl/α,β-unsaturated/α-hetero) is 1. The summed E-state index contributed by atoms with van der Waals surface area (Å²) in [6.07, 6.45) is 0. The molecule has 1 aromatic rings. The quantitative estimate of drug-likeness (QED) is 0.488. The van der Waals surface area contributed by atoms with E-state index in [1.807, 2.05) is 13.0 Å². The van der Waals surface area contributed by atoms with Crippen molar-refractivity contribution < 1.29 is 4.79 Å². The molecule has 0 aliphatic rings.